The minimum Gasteiger partial charge on any atom is -0.341 e. The molecule has 1 aliphatic heterocycles. The number of likely N-dealkylation sites (tertiary alicyclic amines) is 1. The fraction of sp³-hybridized carbons (Fsp3) is 0.682. The van der Waals surface area contributed by atoms with Crippen molar-refractivity contribution in [3.8, 4) is 0 Å². The number of carbonyl (C=O) groups is 1. The summed E-state index contributed by atoms with van der Waals surface area (Å²) in [5, 5.41) is 0. The highest BCUT2D eigenvalue weighted by Crippen LogP contribution is 2.66. The lowest BCUT2D eigenvalue weighted by Crippen LogP contribution is -2.59. The smallest absolute Gasteiger partial charge is 0.228 e. The summed E-state index contributed by atoms with van der Waals surface area (Å²) in [6.07, 6.45) is 8.23. The van der Waals surface area contributed by atoms with E-state index in [9.17, 15) is 4.79 Å². The van der Waals surface area contributed by atoms with E-state index in [1.165, 1.54) is 30.4 Å². The van der Waals surface area contributed by atoms with Gasteiger partial charge in [-0.05, 0) is 74.7 Å². The summed E-state index contributed by atoms with van der Waals surface area (Å²) in [6.45, 7) is 3.80. The van der Waals surface area contributed by atoms with Gasteiger partial charge in [0.1, 0.15) is 0 Å². The first-order valence-electron chi connectivity index (χ1n) is 10.1. The zero-order chi connectivity index (χ0) is 17.2. The molecule has 0 radical (unpaired) electrons. The number of halogens is 1. The topological polar surface area (TPSA) is 46.3 Å². The number of carbonyl (C=O) groups excluding carboxylic acids is 1. The lowest BCUT2D eigenvalue weighted by atomic mass is 9.42. The number of rotatable bonds is 2. The fourth-order valence-electron chi connectivity index (χ4n) is 7.06. The Hall–Kier alpha value is -1.06. The van der Waals surface area contributed by atoms with Crippen molar-refractivity contribution in [2.75, 3.05) is 13.1 Å². The van der Waals surface area contributed by atoms with Crippen LogP contribution in [0.3, 0.4) is 0 Å². The zero-order valence-electron chi connectivity index (χ0n) is 15.7. The quantitative estimate of drug-likeness (QED) is 0.855. The van der Waals surface area contributed by atoms with Crippen molar-refractivity contribution in [2.24, 2.45) is 23.0 Å². The minimum atomic E-state index is -0.0982. The SMILES string of the molecule is Cc1ccc(C23CC4CC(CC(C(=O)N5CC[C@@H](N)C5)(C4)C2)C3)cc1.Cl. The van der Waals surface area contributed by atoms with E-state index >= 15 is 0 Å². The molecule has 5 aliphatic rings. The molecule has 1 saturated heterocycles. The molecule has 4 saturated carbocycles. The van der Waals surface area contributed by atoms with E-state index in [1.54, 1.807) is 0 Å². The van der Waals surface area contributed by atoms with E-state index in [4.69, 9.17) is 5.73 Å². The predicted octanol–water partition coefficient (Wildman–Crippen LogP) is 3.81. The molecule has 3 atom stereocenters. The van der Waals surface area contributed by atoms with Crippen LogP contribution in [0.15, 0.2) is 24.3 Å². The van der Waals surface area contributed by atoms with Crippen LogP contribution in [0.1, 0.15) is 56.1 Å². The van der Waals surface area contributed by atoms with Crippen molar-refractivity contribution >= 4 is 18.3 Å². The largest absolute Gasteiger partial charge is 0.341 e. The number of hydrogen-bond donors (Lipinski definition) is 1. The number of nitrogens with two attached hydrogens (primary N) is 1. The van der Waals surface area contributed by atoms with Gasteiger partial charge in [-0.2, -0.15) is 0 Å². The normalized spacial score (nSPS) is 40.5. The van der Waals surface area contributed by atoms with Crippen LogP contribution < -0.4 is 5.73 Å². The van der Waals surface area contributed by atoms with E-state index in [-0.39, 0.29) is 29.3 Å². The molecular formula is C22H31ClN2O. The molecule has 2 N–H and O–H groups in total. The molecule has 1 aromatic rings. The Morgan fingerprint density at radius 1 is 1.12 bits per heavy atom. The molecule has 2 unspecified atom stereocenters. The summed E-state index contributed by atoms with van der Waals surface area (Å²) in [6, 6.07) is 9.37. The second-order valence-corrected chi connectivity index (χ2v) is 9.69. The maximum atomic E-state index is 13.5. The maximum Gasteiger partial charge on any atom is 0.228 e. The maximum absolute atomic E-state index is 13.5. The van der Waals surface area contributed by atoms with Crippen molar-refractivity contribution in [3.63, 3.8) is 0 Å². The fourth-order valence-corrected chi connectivity index (χ4v) is 7.06. The molecular weight excluding hydrogens is 344 g/mol. The van der Waals surface area contributed by atoms with Gasteiger partial charge < -0.3 is 10.6 Å². The highest BCUT2D eigenvalue weighted by molar-refractivity contribution is 5.85. The molecule has 3 nitrogen and oxygen atoms in total. The summed E-state index contributed by atoms with van der Waals surface area (Å²) in [5.41, 5.74) is 9.05. The van der Waals surface area contributed by atoms with Crippen molar-refractivity contribution in [1.82, 2.24) is 4.90 Å². The Labute approximate surface area is 163 Å². The van der Waals surface area contributed by atoms with Crippen molar-refractivity contribution in [1.29, 1.82) is 0 Å². The number of nitrogens with zero attached hydrogens (tertiary/aromatic N) is 1. The van der Waals surface area contributed by atoms with Crippen LogP contribution in [0.2, 0.25) is 0 Å². The van der Waals surface area contributed by atoms with Crippen LogP contribution in [0.4, 0.5) is 0 Å². The van der Waals surface area contributed by atoms with Gasteiger partial charge in [-0.15, -0.1) is 12.4 Å². The highest BCUT2D eigenvalue weighted by Gasteiger charge is 2.61. The third-order valence-corrected chi connectivity index (χ3v) is 7.69. The van der Waals surface area contributed by atoms with Gasteiger partial charge in [0.25, 0.3) is 0 Å². The standard InChI is InChI=1S/C22H30N2O.ClH/c1-15-2-4-18(5-3-15)21-9-16-8-17(10-21)12-22(11-16,14-21)20(25)24-7-6-19(23)13-24;/h2-5,16-17,19H,6-14,23H2,1H3;1H/t16?,17?,19-,21?,22?;/m1./s1. The number of aryl methyl sites for hydroxylation is 1. The third kappa shape index (κ3) is 2.70. The van der Waals surface area contributed by atoms with Crippen molar-refractivity contribution < 1.29 is 4.79 Å². The average Bonchev–Trinajstić information content (AvgIpc) is 3.00. The first kappa shape index (κ1) is 18.3. The van der Waals surface area contributed by atoms with Gasteiger partial charge in [-0.1, -0.05) is 29.8 Å². The second-order valence-electron chi connectivity index (χ2n) is 9.69. The second kappa shape index (κ2) is 6.24. The van der Waals surface area contributed by atoms with E-state index in [1.807, 2.05) is 0 Å². The summed E-state index contributed by atoms with van der Waals surface area (Å²) in [7, 11) is 0. The molecule has 1 amide bonds. The summed E-state index contributed by atoms with van der Waals surface area (Å²) < 4.78 is 0. The first-order chi connectivity index (χ1) is 12.0. The molecule has 6 rings (SSSR count). The molecule has 0 spiro atoms. The van der Waals surface area contributed by atoms with Crippen LogP contribution >= 0.6 is 12.4 Å². The molecule has 142 valence electrons. The number of benzene rings is 1. The van der Waals surface area contributed by atoms with Crippen LogP contribution in [-0.4, -0.2) is 29.9 Å². The van der Waals surface area contributed by atoms with Gasteiger partial charge in [0.2, 0.25) is 5.91 Å². The Morgan fingerprint density at radius 2 is 1.77 bits per heavy atom. The lowest BCUT2D eigenvalue weighted by molar-refractivity contribution is -0.159. The van der Waals surface area contributed by atoms with E-state index in [0.29, 0.717) is 5.91 Å². The van der Waals surface area contributed by atoms with E-state index in [2.05, 4.69) is 36.1 Å². The summed E-state index contributed by atoms with van der Waals surface area (Å²) >= 11 is 0. The van der Waals surface area contributed by atoms with Crippen molar-refractivity contribution in [2.45, 2.75) is 63.3 Å². The van der Waals surface area contributed by atoms with Crippen LogP contribution in [-0.2, 0) is 10.2 Å². The van der Waals surface area contributed by atoms with E-state index < -0.39 is 0 Å². The Kier molecular flexibility index (Phi) is 4.39. The third-order valence-electron chi connectivity index (χ3n) is 7.69. The van der Waals surface area contributed by atoms with Gasteiger partial charge in [-0.25, -0.2) is 0 Å². The Balaban J connectivity index is 0.00000168. The van der Waals surface area contributed by atoms with Crippen LogP contribution in [0.25, 0.3) is 0 Å². The van der Waals surface area contributed by atoms with Gasteiger partial charge in [-0.3, -0.25) is 4.79 Å². The minimum absolute atomic E-state index is 0. The lowest BCUT2D eigenvalue weighted by Gasteiger charge is -2.62. The van der Waals surface area contributed by atoms with Crippen molar-refractivity contribution in [3.05, 3.63) is 35.4 Å². The average molecular weight is 375 g/mol. The highest BCUT2D eigenvalue weighted by atomic mass is 35.5. The number of amides is 1. The van der Waals surface area contributed by atoms with Gasteiger partial charge in [0.15, 0.2) is 0 Å². The molecule has 1 aromatic carbocycles. The van der Waals surface area contributed by atoms with Crippen LogP contribution in [0, 0.1) is 24.2 Å². The molecule has 4 heteroatoms. The summed E-state index contributed by atoms with van der Waals surface area (Å²) in [4.78, 5) is 15.6. The first-order valence-corrected chi connectivity index (χ1v) is 10.1. The molecule has 26 heavy (non-hydrogen) atoms. The Bertz CT molecular complexity index is 687. The zero-order valence-corrected chi connectivity index (χ0v) is 16.6. The number of hydrogen-bond acceptors (Lipinski definition) is 2. The summed E-state index contributed by atoms with van der Waals surface area (Å²) in [5.74, 6) is 1.91. The predicted molar refractivity (Wildman–Crippen MR) is 106 cm³/mol. The van der Waals surface area contributed by atoms with Gasteiger partial charge in [0, 0.05) is 19.1 Å². The molecule has 5 fully saturated rings. The van der Waals surface area contributed by atoms with E-state index in [0.717, 1.165) is 50.6 Å². The molecule has 4 bridgehead atoms. The van der Waals surface area contributed by atoms with Gasteiger partial charge >= 0.3 is 0 Å². The molecule has 0 aromatic heterocycles. The molecule has 1 heterocycles. The van der Waals surface area contributed by atoms with Crippen LogP contribution in [0.5, 0.6) is 0 Å². The molecule has 4 aliphatic carbocycles. The monoisotopic (exact) mass is 374 g/mol. The van der Waals surface area contributed by atoms with Gasteiger partial charge in [0.05, 0.1) is 5.41 Å². The Morgan fingerprint density at radius 3 is 2.35 bits per heavy atom.